The molecule has 0 saturated heterocycles. The largest absolute Gasteiger partial charge is 0.481 e. The van der Waals surface area contributed by atoms with Crippen LogP contribution in [0.2, 0.25) is 10.0 Å². The molecule has 4 nitrogen and oxygen atoms in total. The van der Waals surface area contributed by atoms with Gasteiger partial charge in [-0.3, -0.25) is 9.59 Å². The van der Waals surface area contributed by atoms with E-state index in [0.717, 1.165) is 0 Å². The standard InChI is InChI=1S/C12H12Cl2O4/c1-18-12(17)5-7(4-11(15)16)9-3-2-8(13)6-10(9)14/h2-3,6-7H,4-5H2,1H3,(H,15,16)/t7-/m1/s1. The molecule has 1 aromatic rings. The van der Waals surface area contributed by atoms with E-state index in [0.29, 0.717) is 15.6 Å². The highest BCUT2D eigenvalue weighted by Crippen LogP contribution is 2.32. The summed E-state index contributed by atoms with van der Waals surface area (Å²) in [7, 11) is 1.25. The maximum absolute atomic E-state index is 11.3. The van der Waals surface area contributed by atoms with E-state index < -0.39 is 17.9 Å². The first kappa shape index (κ1) is 14.8. The zero-order valence-corrected chi connectivity index (χ0v) is 11.2. The van der Waals surface area contributed by atoms with E-state index in [2.05, 4.69) is 4.74 Å². The normalized spacial score (nSPS) is 11.9. The monoisotopic (exact) mass is 290 g/mol. The lowest BCUT2D eigenvalue weighted by molar-refractivity contribution is -0.141. The first-order chi connectivity index (χ1) is 8.43. The first-order valence-electron chi connectivity index (χ1n) is 5.17. The van der Waals surface area contributed by atoms with Crippen LogP contribution in [0.25, 0.3) is 0 Å². The molecule has 0 spiro atoms. The molecule has 0 bridgehead atoms. The fourth-order valence-electron chi connectivity index (χ4n) is 1.62. The number of rotatable bonds is 5. The molecule has 0 amide bonds. The Kier molecular flexibility index (Phi) is 5.44. The third-order valence-electron chi connectivity index (χ3n) is 2.46. The molecule has 18 heavy (non-hydrogen) atoms. The zero-order chi connectivity index (χ0) is 13.7. The molecule has 0 aliphatic rings. The SMILES string of the molecule is COC(=O)C[C@@H](CC(=O)O)c1ccc(Cl)cc1Cl. The van der Waals surface area contributed by atoms with Crippen LogP contribution >= 0.6 is 23.2 Å². The van der Waals surface area contributed by atoms with Gasteiger partial charge < -0.3 is 9.84 Å². The van der Waals surface area contributed by atoms with E-state index in [1.807, 2.05) is 0 Å². The summed E-state index contributed by atoms with van der Waals surface area (Å²) in [6.07, 6.45) is -0.236. The molecule has 1 atom stereocenters. The van der Waals surface area contributed by atoms with Crippen molar-refractivity contribution in [3.05, 3.63) is 33.8 Å². The summed E-state index contributed by atoms with van der Waals surface area (Å²) in [5, 5.41) is 9.65. The minimum Gasteiger partial charge on any atom is -0.481 e. The number of benzene rings is 1. The van der Waals surface area contributed by atoms with Crippen molar-refractivity contribution in [3.63, 3.8) is 0 Å². The Morgan fingerprint density at radius 3 is 2.50 bits per heavy atom. The molecule has 0 aromatic heterocycles. The van der Waals surface area contributed by atoms with Crippen LogP contribution < -0.4 is 0 Å². The van der Waals surface area contributed by atoms with Crippen LogP contribution in [0, 0.1) is 0 Å². The van der Waals surface area contributed by atoms with E-state index in [1.54, 1.807) is 12.1 Å². The van der Waals surface area contributed by atoms with Crippen LogP contribution in [0.1, 0.15) is 24.3 Å². The molecular weight excluding hydrogens is 279 g/mol. The van der Waals surface area contributed by atoms with Crippen molar-refractivity contribution >= 4 is 35.1 Å². The summed E-state index contributed by atoms with van der Waals surface area (Å²) in [5.74, 6) is -2.01. The number of carboxylic acid groups (broad SMARTS) is 1. The molecule has 0 saturated carbocycles. The maximum Gasteiger partial charge on any atom is 0.306 e. The molecule has 0 aliphatic carbocycles. The quantitative estimate of drug-likeness (QED) is 0.847. The Hall–Kier alpha value is -1.26. The number of ether oxygens (including phenoxy) is 1. The Morgan fingerprint density at radius 2 is 2.00 bits per heavy atom. The second kappa shape index (κ2) is 6.61. The molecule has 98 valence electrons. The van der Waals surface area contributed by atoms with Crippen LogP contribution in [0.15, 0.2) is 18.2 Å². The summed E-state index contributed by atoms with van der Waals surface area (Å²) in [6, 6.07) is 4.75. The van der Waals surface area contributed by atoms with Gasteiger partial charge in [0.25, 0.3) is 0 Å². The van der Waals surface area contributed by atoms with Gasteiger partial charge in [-0.05, 0) is 17.7 Å². The smallest absolute Gasteiger partial charge is 0.306 e. The number of hydrogen-bond acceptors (Lipinski definition) is 3. The van der Waals surface area contributed by atoms with Gasteiger partial charge in [0.2, 0.25) is 0 Å². The van der Waals surface area contributed by atoms with E-state index >= 15 is 0 Å². The highest BCUT2D eigenvalue weighted by molar-refractivity contribution is 6.35. The molecule has 1 aromatic carbocycles. The predicted molar refractivity (Wildman–Crippen MR) is 68.1 cm³/mol. The van der Waals surface area contributed by atoms with Gasteiger partial charge in [-0.1, -0.05) is 29.3 Å². The number of halogens is 2. The molecular formula is C12H12Cl2O4. The molecule has 1 rings (SSSR count). The van der Waals surface area contributed by atoms with Gasteiger partial charge in [0, 0.05) is 16.0 Å². The van der Waals surface area contributed by atoms with E-state index in [1.165, 1.54) is 13.2 Å². The van der Waals surface area contributed by atoms with Gasteiger partial charge in [-0.25, -0.2) is 0 Å². The molecule has 1 N–H and O–H groups in total. The van der Waals surface area contributed by atoms with Crippen LogP contribution in [0.3, 0.4) is 0 Å². The average molecular weight is 291 g/mol. The fourth-order valence-corrected chi connectivity index (χ4v) is 2.18. The summed E-state index contributed by atoms with van der Waals surface area (Å²) >= 11 is 11.8. The highest BCUT2D eigenvalue weighted by Gasteiger charge is 2.22. The van der Waals surface area contributed by atoms with Gasteiger partial charge in [0.15, 0.2) is 0 Å². The number of carbonyl (C=O) groups is 2. The lowest BCUT2D eigenvalue weighted by atomic mass is 9.92. The number of hydrogen-bond donors (Lipinski definition) is 1. The van der Waals surface area contributed by atoms with Crippen LogP contribution in [0.4, 0.5) is 0 Å². The Labute approximate surface area is 114 Å². The van der Waals surface area contributed by atoms with E-state index in [4.69, 9.17) is 28.3 Å². The minimum atomic E-state index is -1.00. The Bertz CT molecular complexity index is 459. The predicted octanol–water partition coefficient (Wildman–Crippen LogP) is 3.11. The van der Waals surface area contributed by atoms with E-state index in [-0.39, 0.29) is 12.8 Å². The average Bonchev–Trinajstić information content (AvgIpc) is 2.27. The topological polar surface area (TPSA) is 63.6 Å². The highest BCUT2D eigenvalue weighted by atomic mass is 35.5. The number of esters is 1. The number of methoxy groups -OCH3 is 1. The van der Waals surface area contributed by atoms with Gasteiger partial charge in [0.05, 0.1) is 20.0 Å². The van der Waals surface area contributed by atoms with Crippen molar-refractivity contribution in [3.8, 4) is 0 Å². The van der Waals surface area contributed by atoms with Crippen molar-refractivity contribution in [1.29, 1.82) is 0 Å². The fraction of sp³-hybridized carbons (Fsp3) is 0.333. The minimum absolute atomic E-state index is 0.0375. The van der Waals surface area contributed by atoms with Crippen LogP contribution in [0.5, 0.6) is 0 Å². The lowest BCUT2D eigenvalue weighted by Crippen LogP contribution is -2.13. The van der Waals surface area contributed by atoms with Crippen molar-refractivity contribution in [1.82, 2.24) is 0 Å². The van der Waals surface area contributed by atoms with Crippen molar-refractivity contribution in [2.75, 3.05) is 7.11 Å². The Morgan fingerprint density at radius 1 is 1.33 bits per heavy atom. The second-order valence-electron chi connectivity index (χ2n) is 3.74. The van der Waals surface area contributed by atoms with Crippen LogP contribution in [-0.4, -0.2) is 24.2 Å². The lowest BCUT2D eigenvalue weighted by Gasteiger charge is -2.15. The number of aliphatic carboxylic acids is 1. The molecule has 0 radical (unpaired) electrons. The summed E-state index contributed by atoms with van der Waals surface area (Å²) in [6.45, 7) is 0. The molecule has 0 heterocycles. The molecule has 0 fully saturated rings. The molecule has 0 unspecified atom stereocenters. The summed E-state index contributed by atoms with van der Waals surface area (Å²) < 4.78 is 4.55. The summed E-state index contributed by atoms with van der Waals surface area (Å²) in [4.78, 5) is 22.1. The maximum atomic E-state index is 11.3. The van der Waals surface area contributed by atoms with Gasteiger partial charge in [0.1, 0.15) is 0 Å². The second-order valence-corrected chi connectivity index (χ2v) is 4.58. The van der Waals surface area contributed by atoms with Gasteiger partial charge in [-0.2, -0.15) is 0 Å². The van der Waals surface area contributed by atoms with Crippen molar-refractivity contribution in [2.45, 2.75) is 18.8 Å². The number of carbonyl (C=O) groups excluding carboxylic acids is 1. The third kappa shape index (κ3) is 4.20. The third-order valence-corrected chi connectivity index (χ3v) is 3.03. The zero-order valence-electron chi connectivity index (χ0n) is 9.65. The van der Waals surface area contributed by atoms with Gasteiger partial charge in [-0.15, -0.1) is 0 Å². The first-order valence-corrected chi connectivity index (χ1v) is 5.93. The van der Waals surface area contributed by atoms with Gasteiger partial charge >= 0.3 is 11.9 Å². The molecule has 6 heteroatoms. The number of carboxylic acids is 1. The Balaban J connectivity index is 3.00. The van der Waals surface area contributed by atoms with Crippen molar-refractivity contribution < 1.29 is 19.4 Å². The molecule has 0 aliphatic heterocycles. The van der Waals surface area contributed by atoms with E-state index in [9.17, 15) is 9.59 Å². The van der Waals surface area contributed by atoms with Crippen molar-refractivity contribution in [2.24, 2.45) is 0 Å². The summed E-state index contributed by atoms with van der Waals surface area (Å²) in [5.41, 5.74) is 0.578. The van der Waals surface area contributed by atoms with Crippen LogP contribution in [-0.2, 0) is 14.3 Å².